The Morgan fingerprint density at radius 1 is 1.28 bits per heavy atom. The summed E-state index contributed by atoms with van der Waals surface area (Å²) >= 11 is 1.25. The molecule has 1 amide bonds. The Balaban J connectivity index is 1.83. The number of benzene rings is 1. The maximum atomic E-state index is 13.3. The van der Waals surface area contributed by atoms with Crippen molar-refractivity contribution in [3.63, 3.8) is 0 Å². The molecule has 0 radical (unpaired) electrons. The van der Waals surface area contributed by atoms with Gasteiger partial charge in [0.15, 0.2) is 10.9 Å². The maximum Gasteiger partial charge on any atom is 0.274 e. The summed E-state index contributed by atoms with van der Waals surface area (Å²) in [4.78, 5) is 31.4. The molecule has 0 bridgehead atoms. The Morgan fingerprint density at radius 2 is 2.04 bits per heavy atom. The number of Topliss-reactive ketones (excluding diaryl/α,β-unsaturated/α-hetero) is 1. The summed E-state index contributed by atoms with van der Waals surface area (Å²) in [5, 5.41) is 4.87. The zero-order valence-corrected chi connectivity index (χ0v) is 14.8. The van der Waals surface area contributed by atoms with E-state index in [2.05, 4.69) is 15.3 Å². The summed E-state index contributed by atoms with van der Waals surface area (Å²) in [5.74, 6) is -0.800. The molecule has 0 unspecified atom stereocenters. The monoisotopic (exact) mass is 357 g/mol. The predicted molar refractivity (Wildman–Crippen MR) is 95.7 cm³/mol. The first-order valence-corrected chi connectivity index (χ1v) is 8.47. The van der Waals surface area contributed by atoms with Crippen molar-refractivity contribution in [3.8, 4) is 11.3 Å². The van der Waals surface area contributed by atoms with E-state index in [-0.39, 0.29) is 17.5 Å². The minimum atomic E-state index is -0.367. The van der Waals surface area contributed by atoms with Crippen LogP contribution in [-0.4, -0.2) is 21.7 Å². The molecule has 0 aliphatic heterocycles. The number of amides is 1. The van der Waals surface area contributed by atoms with Crippen LogP contribution in [0.15, 0.2) is 29.6 Å². The summed E-state index contributed by atoms with van der Waals surface area (Å²) in [5.41, 5.74) is 3.38. The van der Waals surface area contributed by atoms with Crippen molar-refractivity contribution in [2.75, 3.05) is 5.32 Å². The van der Waals surface area contributed by atoms with Crippen molar-refractivity contribution in [3.05, 3.63) is 58.0 Å². The number of halogens is 1. The quantitative estimate of drug-likeness (QED) is 0.682. The Morgan fingerprint density at radius 3 is 2.68 bits per heavy atom. The van der Waals surface area contributed by atoms with E-state index < -0.39 is 0 Å². The van der Waals surface area contributed by atoms with Crippen LogP contribution in [-0.2, 0) is 0 Å². The lowest BCUT2D eigenvalue weighted by Gasteiger charge is -2.01. The molecule has 3 rings (SSSR count). The highest BCUT2D eigenvalue weighted by atomic mass is 32.1. The average molecular weight is 357 g/mol. The van der Waals surface area contributed by atoms with Gasteiger partial charge in [0, 0.05) is 22.2 Å². The molecule has 2 heterocycles. The third-order valence-corrected chi connectivity index (χ3v) is 4.62. The van der Waals surface area contributed by atoms with Crippen LogP contribution in [0.1, 0.15) is 39.0 Å². The van der Waals surface area contributed by atoms with Crippen molar-refractivity contribution >= 4 is 28.2 Å². The minimum absolute atomic E-state index is 0.0899. The van der Waals surface area contributed by atoms with E-state index in [1.54, 1.807) is 31.4 Å². The van der Waals surface area contributed by atoms with Crippen LogP contribution < -0.4 is 5.32 Å². The molecule has 2 aromatic heterocycles. The van der Waals surface area contributed by atoms with Crippen LogP contribution in [0.5, 0.6) is 0 Å². The molecule has 0 saturated carbocycles. The van der Waals surface area contributed by atoms with Gasteiger partial charge in [0.2, 0.25) is 0 Å². The Bertz CT molecular complexity index is 975. The molecule has 1 aromatic carbocycles. The zero-order valence-electron chi connectivity index (χ0n) is 13.9. The largest absolute Gasteiger partial charge is 0.354 e. The number of aromatic amines is 1. The van der Waals surface area contributed by atoms with Gasteiger partial charge in [-0.3, -0.25) is 14.9 Å². The highest BCUT2D eigenvalue weighted by molar-refractivity contribution is 7.14. The summed E-state index contributed by atoms with van der Waals surface area (Å²) in [6, 6.07) is 6.11. The van der Waals surface area contributed by atoms with E-state index in [1.165, 1.54) is 30.4 Å². The fourth-order valence-corrected chi connectivity index (χ4v) is 3.49. The number of aryl methyl sites for hydroxylation is 1. The molecular formula is C18H16FN3O2S. The summed E-state index contributed by atoms with van der Waals surface area (Å²) in [6.07, 6.45) is 0. The second kappa shape index (κ2) is 6.60. The first-order valence-electron chi connectivity index (χ1n) is 7.59. The summed E-state index contributed by atoms with van der Waals surface area (Å²) in [6.45, 7) is 4.96. The molecule has 0 saturated heterocycles. The van der Waals surface area contributed by atoms with E-state index in [4.69, 9.17) is 0 Å². The van der Waals surface area contributed by atoms with Gasteiger partial charge < -0.3 is 4.98 Å². The maximum absolute atomic E-state index is 13.3. The van der Waals surface area contributed by atoms with Gasteiger partial charge in [-0.05, 0) is 38.5 Å². The van der Waals surface area contributed by atoms with Crippen molar-refractivity contribution in [2.24, 2.45) is 0 Å². The second-order valence-electron chi connectivity index (χ2n) is 5.68. The second-order valence-corrected chi connectivity index (χ2v) is 6.54. The summed E-state index contributed by atoms with van der Waals surface area (Å²) in [7, 11) is 0. The molecule has 128 valence electrons. The number of thiazole rings is 1. The van der Waals surface area contributed by atoms with Crippen molar-refractivity contribution in [1.29, 1.82) is 0 Å². The van der Waals surface area contributed by atoms with Crippen LogP contribution in [0, 0.1) is 19.7 Å². The van der Waals surface area contributed by atoms with Crippen molar-refractivity contribution in [2.45, 2.75) is 20.8 Å². The lowest BCUT2D eigenvalue weighted by Crippen LogP contribution is -2.13. The van der Waals surface area contributed by atoms with Gasteiger partial charge in [-0.1, -0.05) is 12.1 Å². The molecule has 7 heteroatoms. The highest BCUT2D eigenvalue weighted by Gasteiger charge is 2.20. The number of ketones is 1. The van der Waals surface area contributed by atoms with Gasteiger partial charge in [0.1, 0.15) is 11.5 Å². The molecule has 0 atom stereocenters. The Kier molecular flexibility index (Phi) is 4.50. The third-order valence-electron chi connectivity index (χ3n) is 3.86. The number of nitrogens with one attached hydrogen (secondary N) is 2. The normalized spacial score (nSPS) is 10.7. The van der Waals surface area contributed by atoms with Gasteiger partial charge in [-0.2, -0.15) is 0 Å². The molecule has 3 aromatic rings. The van der Waals surface area contributed by atoms with Gasteiger partial charge in [-0.25, -0.2) is 9.37 Å². The SMILES string of the molecule is CC(=O)c1c(C)[nH]c(C(=O)Nc2nc(-c3cccc(F)c3)cs2)c1C. The van der Waals surface area contributed by atoms with Gasteiger partial charge in [-0.15, -0.1) is 11.3 Å². The zero-order chi connectivity index (χ0) is 18.1. The lowest BCUT2D eigenvalue weighted by molar-refractivity contribution is 0.101. The van der Waals surface area contributed by atoms with Crippen LogP contribution >= 0.6 is 11.3 Å². The number of hydrogen-bond acceptors (Lipinski definition) is 4. The van der Waals surface area contributed by atoms with Crippen molar-refractivity contribution < 1.29 is 14.0 Å². The molecule has 25 heavy (non-hydrogen) atoms. The van der Waals surface area contributed by atoms with Crippen LogP contribution in [0.2, 0.25) is 0 Å². The first-order chi connectivity index (χ1) is 11.9. The number of H-pyrrole nitrogens is 1. The topological polar surface area (TPSA) is 74.8 Å². The standard InChI is InChI=1S/C18H16FN3O2S/c1-9-15(11(3)23)10(2)20-16(9)17(24)22-18-21-14(8-25-18)12-5-4-6-13(19)7-12/h4-8,20H,1-3H3,(H,21,22,24). The third kappa shape index (κ3) is 3.36. The number of carbonyl (C=O) groups excluding carboxylic acids is 2. The predicted octanol–water partition coefficient (Wildman–Crippen LogP) is 4.35. The van der Waals surface area contributed by atoms with E-state index in [0.29, 0.717) is 38.9 Å². The van der Waals surface area contributed by atoms with Crippen LogP contribution in [0.4, 0.5) is 9.52 Å². The molecule has 2 N–H and O–H groups in total. The molecule has 0 fully saturated rings. The van der Waals surface area contributed by atoms with Crippen LogP contribution in [0.25, 0.3) is 11.3 Å². The molecule has 5 nitrogen and oxygen atoms in total. The first kappa shape index (κ1) is 17.0. The van der Waals surface area contributed by atoms with Gasteiger partial charge >= 0.3 is 0 Å². The smallest absolute Gasteiger partial charge is 0.274 e. The van der Waals surface area contributed by atoms with E-state index in [1.807, 2.05) is 0 Å². The number of anilines is 1. The fraction of sp³-hybridized carbons (Fsp3) is 0.167. The number of hydrogen-bond donors (Lipinski definition) is 2. The van der Waals surface area contributed by atoms with E-state index in [0.717, 1.165) is 0 Å². The van der Waals surface area contributed by atoms with Crippen molar-refractivity contribution in [1.82, 2.24) is 9.97 Å². The van der Waals surface area contributed by atoms with E-state index in [9.17, 15) is 14.0 Å². The number of carbonyl (C=O) groups is 2. The number of rotatable bonds is 4. The number of aromatic nitrogens is 2. The number of nitrogens with zero attached hydrogens (tertiary/aromatic N) is 1. The molecule has 0 aliphatic carbocycles. The minimum Gasteiger partial charge on any atom is -0.354 e. The van der Waals surface area contributed by atoms with Gasteiger partial charge in [0.25, 0.3) is 5.91 Å². The molecular weight excluding hydrogens is 341 g/mol. The van der Waals surface area contributed by atoms with Gasteiger partial charge in [0.05, 0.1) is 5.69 Å². The highest BCUT2D eigenvalue weighted by Crippen LogP contribution is 2.26. The fourth-order valence-electron chi connectivity index (χ4n) is 2.78. The van der Waals surface area contributed by atoms with Crippen LogP contribution in [0.3, 0.4) is 0 Å². The summed E-state index contributed by atoms with van der Waals surface area (Å²) < 4.78 is 13.3. The lowest BCUT2D eigenvalue weighted by atomic mass is 10.1. The average Bonchev–Trinajstić information content (AvgIpc) is 3.11. The molecule has 0 spiro atoms. The van der Waals surface area contributed by atoms with E-state index >= 15 is 0 Å². The Labute approximate surface area is 147 Å². The molecule has 0 aliphatic rings. The Hall–Kier alpha value is -2.80.